The third-order valence-electron chi connectivity index (χ3n) is 2.85. The van der Waals surface area contributed by atoms with E-state index in [1.54, 1.807) is 0 Å². The Morgan fingerprint density at radius 3 is 2.17 bits per heavy atom. The van der Waals surface area contributed by atoms with Crippen LogP contribution in [0.15, 0.2) is 42.5 Å². The van der Waals surface area contributed by atoms with Crippen LogP contribution in [0, 0.1) is 17.5 Å². The smallest absolute Gasteiger partial charge is 0.129 e. The molecule has 2 rings (SSSR count). The minimum absolute atomic E-state index is 0.102. The van der Waals surface area contributed by atoms with Crippen molar-refractivity contribution < 1.29 is 18.3 Å². The van der Waals surface area contributed by atoms with E-state index in [4.69, 9.17) is 0 Å². The summed E-state index contributed by atoms with van der Waals surface area (Å²) in [5.41, 5.74) is -2.33. The number of aliphatic hydroxyl groups is 1. The van der Waals surface area contributed by atoms with Crippen molar-refractivity contribution in [2.45, 2.75) is 12.5 Å². The van der Waals surface area contributed by atoms with Crippen molar-refractivity contribution in [3.8, 4) is 0 Å². The second-order valence-corrected chi connectivity index (χ2v) is 4.18. The van der Waals surface area contributed by atoms with Gasteiger partial charge in [-0.15, -0.1) is 0 Å². The Morgan fingerprint density at radius 2 is 1.50 bits per heavy atom. The quantitative estimate of drug-likeness (QED) is 0.868. The van der Waals surface area contributed by atoms with E-state index in [2.05, 4.69) is 0 Å². The molecule has 1 atom stereocenters. The first kappa shape index (κ1) is 12.6. The van der Waals surface area contributed by atoms with Gasteiger partial charge in [-0.1, -0.05) is 18.2 Å². The van der Waals surface area contributed by atoms with Crippen molar-refractivity contribution in [2.24, 2.45) is 0 Å². The molecule has 0 aliphatic heterocycles. The predicted octanol–water partition coefficient (Wildman–Crippen LogP) is 3.36. The summed E-state index contributed by atoms with van der Waals surface area (Å²) in [5.74, 6) is -2.15. The third-order valence-corrected chi connectivity index (χ3v) is 2.85. The van der Waals surface area contributed by atoms with Crippen LogP contribution >= 0.6 is 0 Å². The Labute approximate surface area is 103 Å². The molecule has 0 heterocycles. The molecule has 1 N–H and O–H groups in total. The van der Waals surface area contributed by atoms with Crippen LogP contribution in [0.25, 0.3) is 0 Å². The van der Waals surface area contributed by atoms with Crippen LogP contribution in [0.3, 0.4) is 0 Å². The summed E-state index contributed by atoms with van der Waals surface area (Å²) in [7, 11) is 0. The summed E-state index contributed by atoms with van der Waals surface area (Å²) in [6.45, 7) is 1.23. The first-order chi connectivity index (χ1) is 8.43. The predicted molar refractivity (Wildman–Crippen MR) is 61.4 cm³/mol. The zero-order valence-electron chi connectivity index (χ0n) is 9.62. The molecule has 0 fully saturated rings. The lowest BCUT2D eigenvalue weighted by molar-refractivity contribution is 0.0933. The fraction of sp³-hybridized carbons (Fsp3) is 0.143. The zero-order chi connectivity index (χ0) is 13.3. The summed E-state index contributed by atoms with van der Waals surface area (Å²) in [6, 6.07) is 8.17. The van der Waals surface area contributed by atoms with Gasteiger partial charge >= 0.3 is 0 Å². The molecule has 0 radical (unpaired) electrons. The largest absolute Gasteiger partial charge is 0.380 e. The van der Waals surface area contributed by atoms with Gasteiger partial charge in [-0.3, -0.25) is 0 Å². The van der Waals surface area contributed by atoms with Gasteiger partial charge < -0.3 is 5.11 Å². The lowest BCUT2D eigenvalue weighted by atomic mass is 9.87. The molecule has 2 aromatic carbocycles. The highest BCUT2D eigenvalue weighted by Gasteiger charge is 2.31. The standard InChI is InChI=1S/C14H11F3O/c1-14(18,10-4-2-3-5-12(10)16)11-8-9(15)6-7-13(11)17/h2-8,18H,1H3. The normalized spacial score (nSPS) is 14.3. The van der Waals surface area contributed by atoms with E-state index in [9.17, 15) is 18.3 Å². The Kier molecular flexibility index (Phi) is 3.13. The SMILES string of the molecule is CC(O)(c1ccccc1F)c1cc(F)ccc1F. The van der Waals surface area contributed by atoms with Crippen molar-refractivity contribution in [3.05, 3.63) is 71.0 Å². The maximum Gasteiger partial charge on any atom is 0.129 e. The molecule has 0 spiro atoms. The van der Waals surface area contributed by atoms with Crippen LogP contribution in [0.4, 0.5) is 13.2 Å². The van der Waals surface area contributed by atoms with Gasteiger partial charge in [0.2, 0.25) is 0 Å². The van der Waals surface area contributed by atoms with E-state index in [1.807, 2.05) is 0 Å². The molecule has 0 saturated carbocycles. The van der Waals surface area contributed by atoms with Crippen molar-refractivity contribution in [3.63, 3.8) is 0 Å². The summed E-state index contributed by atoms with van der Waals surface area (Å²) >= 11 is 0. The molecule has 0 amide bonds. The van der Waals surface area contributed by atoms with E-state index in [1.165, 1.54) is 25.1 Å². The van der Waals surface area contributed by atoms with Gasteiger partial charge in [-0.25, -0.2) is 13.2 Å². The molecular weight excluding hydrogens is 241 g/mol. The molecule has 0 bridgehead atoms. The molecule has 0 aliphatic carbocycles. The fourth-order valence-electron chi connectivity index (χ4n) is 1.87. The highest BCUT2D eigenvalue weighted by atomic mass is 19.1. The molecule has 2 aromatic rings. The van der Waals surface area contributed by atoms with Crippen LogP contribution in [-0.4, -0.2) is 5.11 Å². The van der Waals surface area contributed by atoms with Crippen molar-refractivity contribution in [1.29, 1.82) is 0 Å². The van der Waals surface area contributed by atoms with Crippen molar-refractivity contribution in [1.82, 2.24) is 0 Å². The van der Waals surface area contributed by atoms with Crippen LogP contribution in [-0.2, 0) is 5.60 Å². The molecule has 18 heavy (non-hydrogen) atoms. The van der Waals surface area contributed by atoms with Gasteiger partial charge in [0.05, 0.1) is 0 Å². The van der Waals surface area contributed by atoms with Crippen molar-refractivity contribution >= 4 is 0 Å². The second-order valence-electron chi connectivity index (χ2n) is 4.18. The van der Waals surface area contributed by atoms with E-state index in [0.29, 0.717) is 0 Å². The molecule has 1 unspecified atom stereocenters. The van der Waals surface area contributed by atoms with Crippen LogP contribution < -0.4 is 0 Å². The Balaban J connectivity index is 2.61. The lowest BCUT2D eigenvalue weighted by Gasteiger charge is -2.25. The number of halogens is 3. The van der Waals surface area contributed by atoms with Gasteiger partial charge in [0.15, 0.2) is 0 Å². The molecular formula is C14H11F3O. The van der Waals surface area contributed by atoms with Crippen LogP contribution in [0.2, 0.25) is 0 Å². The van der Waals surface area contributed by atoms with Gasteiger partial charge in [-0.2, -0.15) is 0 Å². The van der Waals surface area contributed by atoms with Crippen LogP contribution in [0.1, 0.15) is 18.1 Å². The number of rotatable bonds is 2. The Hall–Kier alpha value is -1.81. The highest BCUT2D eigenvalue weighted by Crippen LogP contribution is 2.32. The van der Waals surface area contributed by atoms with Gasteiger partial charge in [0.25, 0.3) is 0 Å². The Bertz CT molecular complexity index is 579. The summed E-state index contributed by atoms with van der Waals surface area (Å²) in [4.78, 5) is 0. The number of benzene rings is 2. The average molecular weight is 252 g/mol. The Morgan fingerprint density at radius 1 is 0.889 bits per heavy atom. The molecule has 0 aromatic heterocycles. The maximum atomic E-state index is 13.6. The highest BCUT2D eigenvalue weighted by molar-refractivity contribution is 5.36. The van der Waals surface area contributed by atoms with Gasteiger partial charge in [0, 0.05) is 11.1 Å². The minimum atomic E-state index is -1.93. The summed E-state index contributed by atoms with van der Waals surface area (Å²) in [6.07, 6.45) is 0. The molecule has 94 valence electrons. The topological polar surface area (TPSA) is 20.2 Å². The monoisotopic (exact) mass is 252 g/mol. The summed E-state index contributed by atoms with van der Waals surface area (Å²) in [5, 5.41) is 10.3. The first-order valence-electron chi connectivity index (χ1n) is 5.36. The second kappa shape index (κ2) is 4.46. The first-order valence-corrected chi connectivity index (χ1v) is 5.36. The van der Waals surface area contributed by atoms with Crippen molar-refractivity contribution in [2.75, 3.05) is 0 Å². The van der Waals surface area contributed by atoms with E-state index < -0.39 is 23.1 Å². The zero-order valence-corrected chi connectivity index (χ0v) is 9.62. The fourth-order valence-corrected chi connectivity index (χ4v) is 1.87. The number of hydrogen-bond acceptors (Lipinski definition) is 1. The molecule has 1 nitrogen and oxygen atoms in total. The van der Waals surface area contributed by atoms with E-state index in [0.717, 1.165) is 24.3 Å². The number of hydrogen-bond donors (Lipinski definition) is 1. The average Bonchev–Trinajstić information content (AvgIpc) is 2.32. The summed E-state index contributed by atoms with van der Waals surface area (Å²) < 4.78 is 40.4. The van der Waals surface area contributed by atoms with Gasteiger partial charge in [0.1, 0.15) is 23.1 Å². The third kappa shape index (κ3) is 2.11. The molecule has 4 heteroatoms. The maximum absolute atomic E-state index is 13.6. The minimum Gasteiger partial charge on any atom is -0.380 e. The van der Waals surface area contributed by atoms with Gasteiger partial charge in [-0.05, 0) is 31.2 Å². The van der Waals surface area contributed by atoms with E-state index >= 15 is 0 Å². The van der Waals surface area contributed by atoms with E-state index in [-0.39, 0.29) is 11.1 Å². The molecule has 0 saturated heterocycles. The van der Waals surface area contributed by atoms with Crippen LogP contribution in [0.5, 0.6) is 0 Å². The lowest BCUT2D eigenvalue weighted by Crippen LogP contribution is -2.26. The molecule has 0 aliphatic rings.